The van der Waals surface area contributed by atoms with Gasteiger partial charge in [-0.05, 0) is 50.1 Å². The third-order valence-electron chi connectivity index (χ3n) is 3.47. The first-order valence-electron chi connectivity index (χ1n) is 6.54. The topological polar surface area (TPSA) is 41.3 Å². The summed E-state index contributed by atoms with van der Waals surface area (Å²) in [4.78, 5) is 2.55. The molecule has 1 aliphatic rings. The van der Waals surface area contributed by atoms with Crippen LogP contribution in [0, 0.1) is 6.92 Å². The van der Waals surface area contributed by atoms with Gasteiger partial charge in [0.25, 0.3) is 0 Å². The highest BCUT2D eigenvalue weighted by Gasteiger charge is 2.26. The van der Waals surface area contributed by atoms with Crippen molar-refractivity contribution in [2.24, 2.45) is 0 Å². The number of nitrogens with zero attached hydrogens (tertiary/aromatic N) is 1. The number of rotatable bonds is 6. The van der Waals surface area contributed by atoms with E-state index in [9.17, 15) is 0 Å². The van der Waals surface area contributed by atoms with Gasteiger partial charge in [0.15, 0.2) is 0 Å². The quantitative estimate of drug-likeness (QED) is 0.742. The number of nitrogen functional groups attached to an aromatic ring is 1. The highest BCUT2D eigenvalue weighted by molar-refractivity contribution is 5.56. The van der Waals surface area contributed by atoms with Crippen LogP contribution in [0.15, 0.2) is 18.2 Å². The normalized spacial score (nSPS) is 15.2. The molecule has 3 N–H and O–H groups in total. The zero-order valence-corrected chi connectivity index (χ0v) is 10.9. The fourth-order valence-electron chi connectivity index (χ4n) is 2.17. The van der Waals surface area contributed by atoms with E-state index in [1.807, 2.05) is 13.0 Å². The lowest BCUT2D eigenvalue weighted by Gasteiger charge is -2.20. The van der Waals surface area contributed by atoms with Gasteiger partial charge in [0, 0.05) is 30.5 Å². The summed E-state index contributed by atoms with van der Waals surface area (Å²) in [6, 6.07) is 6.99. The Hall–Kier alpha value is -1.22. The molecule has 0 aliphatic heterocycles. The van der Waals surface area contributed by atoms with Crippen molar-refractivity contribution in [3.63, 3.8) is 0 Å². The summed E-state index contributed by atoms with van der Waals surface area (Å²) in [6.07, 6.45) is 2.77. The lowest BCUT2D eigenvalue weighted by Crippen LogP contribution is -2.30. The SMILES string of the molecule is CCN(CCNc1ccc(N)c(C)c1)C1CC1. The van der Waals surface area contributed by atoms with Gasteiger partial charge in [-0.2, -0.15) is 0 Å². The van der Waals surface area contributed by atoms with Crippen LogP contribution in [-0.2, 0) is 0 Å². The van der Waals surface area contributed by atoms with Crippen LogP contribution in [0.5, 0.6) is 0 Å². The smallest absolute Gasteiger partial charge is 0.0345 e. The fourth-order valence-corrected chi connectivity index (χ4v) is 2.17. The molecule has 0 bridgehead atoms. The summed E-state index contributed by atoms with van der Waals surface area (Å²) in [5, 5.41) is 3.46. The van der Waals surface area contributed by atoms with E-state index in [-0.39, 0.29) is 0 Å². The average molecular weight is 233 g/mol. The maximum atomic E-state index is 5.80. The Morgan fingerprint density at radius 1 is 1.41 bits per heavy atom. The predicted molar refractivity (Wildman–Crippen MR) is 74.4 cm³/mol. The number of likely N-dealkylation sites (N-methyl/N-ethyl adjacent to an activating group) is 1. The lowest BCUT2D eigenvalue weighted by molar-refractivity contribution is 0.289. The van der Waals surface area contributed by atoms with Gasteiger partial charge in [-0.15, -0.1) is 0 Å². The van der Waals surface area contributed by atoms with Crippen molar-refractivity contribution in [2.75, 3.05) is 30.7 Å². The van der Waals surface area contributed by atoms with Crippen molar-refractivity contribution in [2.45, 2.75) is 32.7 Å². The maximum Gasteiger partial charge on any atom is 0.0345 e. The number of hydrogen-bond acceptors (Lipinski definition) is 3. The number of anilines is 2. The molecule has 1 aliphatic carbocycles. The molecule has 3 heteroatoms. The Morgan fingerprint density at radius 2 is 2.18 bits per heavy atom. The van der Waals surface area contributed by atoms with Crippen LogP contribution in [0.2, 0.25) is 0 Å². The largest absolute Gasteiger partial charge is 0.399 e. The summed E-state index contributed by atoms with van der Waals surface area (Å²) < 4.78 is 0. The van der Waals surface area contributed by atoms with Gasteiger partial charge in [0.2, 0.25) is 0 Å². The van der Waals surface area contributed by atoms with Gasteiger partial charge < -0.3 is 11.1 Å². The van der Waals surface area contributed by atoms with Gasteiger partial charge >= 0.3 is 0 Å². The van der Waals surface area contributed by atoms with Crippen LogP contribution in [0.3, 0.4) is 0 Å². The van der Waals surface area contributed by atoms with Crippen LogP contribution in [0.1, 0.15) is 25.3 Å². The molecule has 0 atom stereocenters. The first kappa shape index (κ1) is 12.2. The van der Waals surface area contributed by atoms with Gasteiger partial charge in [-0.25, -0.2) is 0 Å². The van der Waals surface area contributed by atoms with E-state index in [1.54, 1.807) is 0 Å². The van der Waals surface area contributed by atoms with E-state index >= 15 is 0 Å². The van der Waals surface area contributed by atoms with E-state index in [1.165, 1.54) is 18.5 Å². The summed E-state index contributed by atoms with van der Waals surface area (Å²) in [5.74, 6) is 0. The fraction of sp³-hybridized carbons (Fsp3) is 0.571. The second kappa shape index (κ2) is 5.41. The summed E-state index contributed by atoms with van der Waals surface area (Å²) in [7, 11) is 0. The molecule has 1 aromatic carbocycles. The number of benzene rings is 1. The first-order chi connectivity index (χ1) is 8.20. The van der Waals surface area contributed by atoms with Crippen molar-refractivity contribution in [3.8, 4) is 0 Å². The summed E-state index contributed by atoms with van der Waals surface area (Å²) in [6.45, 7) is 7.58. The molecule has 0 saturated heterocycles. The molecule has 0 unspecified atom stereocenters. The minimum absolute atomic E-state index is 0.856. The summed E-state index contributed by atoms with van der Waals surface area (Å²) >= 11 is 0. The Balaban J connectivity index is 1.78. The highest BCUT2D eigenvalue weighted by Crippen LogP contribution is 2.26. The van der Waals surface area contributed by atoms with Crippen LogP contribution >= 0.6 is 0 Å². The van der Waals surface area contributed by atoms with E-state index in [2.05, 4.69) is 29.3 Å². The van der Waals surface area contributed by atoms with Crippen molar-refractivity contribution in [1.29, 1.82) is 0 Å². The molecule has 1 aromatic rings. The zero-order valence-electron chi connectivity index (χ0n) is 10.9. The highest BCUT2D eigenvalue weighted by atomic mass is 15.2. The predicted octanol–water partition coefficient (Wildman–Crippen LogP) is 2.47. The molecule has 94 valence electrons. The lowest BCUT2D eigenvalue weighted by atomic mass is 10.2. The van der Waals surface area contributed by atoms with Crippen molar-refractivity contribution < 1.29 is 0 Å². The molecule has 0 heterocycles. The standard InChI is InChI=1S/C14H23N3/c1-3-17(13-5-6-13)9-8-16-12-4-7-14(15)11(2)10-12/h4,7,10,13,16H,3,5-6,8-9,15H2,1-2H3. The molecular weight excluding hydrogens is 210 g/mol. The zero-order chi connectivity index (χ0) is 12.3. The number of hydrogen-bond donors (Lipinski definition) is 2. The average Bonchev–Trinajstić information content (AvgIpc) is 3.13. The van der Waals surface area contributed by atoms with E-state index in [4.69, 9.17) is 5.73 Å². The molecule has 2 rings (SSSR count). The van der Waals surface area contributed by atoms with Crippen LogP contribution in [-0.4, -0.2) is 30.6 Å². The Labute approximate surface area is 104 Å². The first-order valence-corrected chi connectivity index (χ1v) is 6.54. The third kappa shape index (κ3) is 3.37. The molecule has 3 nitrogen and oxygen atoms in total. The minimum Gasteiger partial charge on any atom is -0.399 e. The molecule has 0 amide bonds. The molecule has 0 spiro atoms. The Bertz CT molecular complexity index is 372. The Kier molecular flexibility index (Phi) is 3.89. The van der Waals surface area contributed by atoms with E-state index in [0.717, 1.165) is 36.9 Å². The maximum absolute atomic E-state index is 5.80. The van der Waals surface area contributed by atoms with Crippen LogP contribution in [0.25, 0.3) is 0 Å². The van der Waals surface area contributed by atoms with Crippen LogP contribution in [0.4, 0.5) is 11.4 Å². The van der Waals surface area contributed by atoms with Crippen molar-refractivity contribution in [3.05, 3.63) is 23.8 Å². The Morgan fingerprint density at radius 3 is 2.76 bits per heavy atom. The van der Waals surface area contributed by atoms with Gasteiger partial charge in [0.05, 0.1) is 0 Å². The molecule has 1 fully saturated rings. The molecular formula is C14H23N3. The molecule has 1 saturated carbocycles. The van der Waals surface area contributed by atoms with Crippen molar-refractivity contribution in [1.82, 2.24) is 4.90 Å². The summed E-state index contributed by atoms with van der Waals surface area (Å²) in [5.41, 5.74) is 8.98. The second-order valence-corrected chi connectivity index (χ2v) is 4.86. The van der Waals surface area contributed by atoms with Gasteiger partial charge in [-0.3, -0.25) is 4.90 Å². The molecule has 17 heavy (non-hydrogen) atoms. The number of nitrogens with two attached hydrogens (primary N) is 1. The third-order valence-corrected chi connectivity index (χ3v) is 3.47. The van der Waals surface area contributed by atoms with Gasteiger partial charge in [0.1, 0.15) is 0 Å². The number of aryl methyl sites for hydroxylation is 1. The monoisotopic (exact) mass is 233 g/mol. The molecule has 0 radical (unpaired) electrons. The van der Waals surface area contributed by atoms with Gasteiger partial charge in [-0.1, -0.05) is 6.92 Å². The number of nitrogens with one attached hydrogen (secondary N) is 1. The second-order valence-electron chi connectivity index (χ2n) is 4.86. The molecule has 0 aromatic heterocycles. The van der Waals surface area contributed by atoms with Crippen LogP contribution < -0.4 is 11.1 Å². The van der Waals surface area contributed by atoms with E-state index in [0.29, 0.717) is 0 Å². The van der Waals surface area contributed by atoms with E-state index < -0.39 is 0 Å². The van der Waals surface area contributed by atoms with Crippen molar-refractivity contribution >= 4 is 11.4 Å². The minimum atomic E-state index is 0.856.